The minimum absolute atomic E-state index is 0.0467. The molecule has 0 radical (unpaired) electrons. The fourth-order valence-corrected chi connectivity index (χ4v) is 1.69. The van der Waals surface area contributed by atoms with Gasteiger partial charge < -0.3 is 10.6 Å². The Labute approximate surface area is 109 Å². The minimum Gasteiger partial charge on any atom is -0.349 e. The van der Waals surface area contributed by atoms with Gasteiger partial charge in [0.05, 0.1) is 5.69 Å². The standard InChI is InChI=1S/C13H24N4O/c1-5-11-9-12(17(6-2)16-11)13(18)15-8-7-14-10(3)4/h9-10,14H,5-8H2,1-4H3,(H,15,18). The van der Waals surface area contributed by atoms with Crippen LogP contribution >= 0.6 is 0 Å². The molecule has 0 saturated carbocycles. The highest BCUT2D eigenvalue weighted by molar-refractivity contribution is 5.92. The molecule has 1 heterocycles. The van der Waals surface area contributed by atoms with Crippen LogP contribution in [-0.4, -0.2) is 34.8 Å². The van der Waals surface area contributed by atoms with Crippen LogP contribution in [0.4, 0.5) is 0 Å². The topological polar surface area (TPSA) is 59.0 Å². The second-order valence-corrected chi connectivity index (χ2v) is 4.55. The Hall–Kier alpha value is -1.36. The number of aromatic nitrogens is 2. The summed E-state index contributed by atoms with van der Waals surface area (Å²) in [5.74, 6) is -0.0467. The largest absolute Gasteiger partial charge is 0.349 e. The van der Waals surface area contributed by atoms with E-state index in [0.29, 0.717) is 24.8 Å². The van der Waals surface area contributed by atoms with Crippen molar-refractivity contribution < 1.29 is 4.79 Å². The summed E-state index contributed by atoms with van der Waals surface area (Å²) < 4.78 is 1.75. The molecule has 5 nitrogen and oxygen atoms in total. The van der Waals surface area contributed by atoms with Crippen LogP contribution in [0, 0.1) is 0 Å². The van der Waals surface area contributed by atoms with E-state index in [2.05, 4.69) is 29.6 Å². The number of rotatable bonds is 7. The van der Waals surface area contributed by atoms with E-state index in [9.17, 15) is 4.79 Å². The SMILES string of the molecule is CCc1cc(C(=O)NCCNC(C)C)n(CC)n1. The first-order valence-corrected chi connectivity index (χ1v) is 6.66. The van der Waals surface area contributed by atoms with E-state index in [1.54, 1.807) is 4.68 Å². The summed E-state index contributed by atoms with van der Waals surface area (Å²) in [6.07, 6.45) is 0.849. The van der Waals surface area contributed by atoms with Crippen molar-refractivity contribution >= 4 is 5.91 Å². The minimum atomic E-state index is -0.0467. The molecule has 0 aliphatic heterocycles. The molecule has 0 saturated heterocycles. The zero-order chi connectivity index (χ0) is 13.5. The first kappa shape index (κ1) is 14.7. The fraction of sp³-hybridized carbons (Fsp3) is 0.692. The molecule has 1 rings (SSSR count). The lowest BCUT2D eigenvalue weighted by Crippen LogP contribution is -2.35. The molecule has 0 unspecified atom stereocenters. The molecule has 0 spiro atoms. The molecule has 5 heteroatoms. The second kappa shape index (κ2) is 7.16. The number of nitrogens with one attached hydrogen (secondary N) is 2. The van der Waals surface area contributed by atoms with E-state index in [0.717, 1.165) is 18.7 Å². The molecule has 0 aromatic carbocycles. The van der Waals surface area contributed by atoms with Crippen molar-refractivity contribution in [3.63, 3.8) is 0 Å². The highest BCUT2D eigenvalue weighted by atomic mass is 16.2. The summed E-state index contributed by atoms with van der Waals surface area (Å²) >= 11 is 0. The number of amides is 1. The first-order valence-electron chi connectivity index (χ1n) is 6.66. The van der Waals surface area contributed by atoms with E-state index >= 15 is 0 Å². The predicted molar refractivity (Wildman–Crippen MR) is 72.8 cm³/mol. The number of carbonyl (C=O) groups excluding carboxylic acids is 1. The summed E-state index contributed by atoms with van der Waals surface area (Å²) in [6, 6.07) is 2.31. The maximum atomic E-state index is 12.0. The lowest BCUT2D eigenvalue weighted by atomic mass is 10.3. The molecular formula is C13H24N4O. The third-order valence-electron chi connectivity index (χ3n) is 2.69. The van der Waals surface area contributed by atoms with Crippen molar-refractivity contribution in [1.82, 2.24) is 20.4 Å². The molecule has 0 bridgehead atoms. The van der Waals surface area contributed by atoms with Gasteiger partial charge in [-0.1, -0.05) is 20.8 Å². The molecule has 18 heavy (non-hydrogen) atoms. The maximum Gasteiger partial charge on any atom is 0.269 e. The number of carbonyl (C=O) groups is 1. The highest BCUT2D eigenvalue weighted by Crippen LogP contribution is 2.05. The van der Waals surface area contributed by atoms with Gasteiger partial charge in [0.1, 0.15) is 5.69 Å². The van der Waals surface area contributed by atoms with E-state index in [1.807, 2.05) is 19.9 Å². The van der Waals surface area contributed by atoms with Crippen molar-refractivity contribution in [2.24, 2.45) is 0 Å². The molecular weight excluding hydrogens is 228 g/mol. The van der Waals surface area contributed by atoms with Crippen LogP contribution in [0.15, 0.2) is 6.07 Å². The summed E-state index contributed by atoms with van der Waals surface area (Å²) in [5, 5.41) is 10.5. The smallest absolute Gasteiger partial charge is 0.269 e. The molecule has 1 amide bonds. The van der Waals surface area contributed by atoms with Gasteiger partial charge >= 0.3 is 0 Å². The number of hydrogen-bond acceptors (Lipinski definition) is 3. The molecule has 1 aromatic heterocycles. The van der Waals surface area contributed by atoms with Gasteiger partial charge in [-0.05, 0) is 19.4 Å². The van der Waals surface area contributed by atoms with Gasteiger partial charge in [0.15, 0.2) is 0 Å². The lowest BCUT2D eigenvalue weighted by molar-refractivity contribution is 0.0943. The molecule has 2 N–H and O–H groups in total. The van der Waals surface area contributed by atoms with Gasteiger partial charge in [-0.25, -0.2) is 0 Å². The first-order chi connectivity index (χ1) is 8.58. The second-order valence-electron chi connectivity index (χ2n) is 4.55. The monoisotopic (exact) mass is 252 g/mol. The van der Waals surface area contributed by atoms with Crippen molar-refractivity contribution in [1.29, 1.82) is 0 Å². The van der Waals surface area contributed by atoms with Crippen LogP contribution in [0.25, 0.3) is 0 Å². The summed E-state index contributed by atoms with van der Waals surface area (Å²) in [5.41, 5.74) is 1.61. The Bertz CT molecular complexity index is 384. The van der Waals surface area contributed by atoms with Crippen molar-refractivity contribution in [2.45, 2.75) is 46.7 Å². The number of aryl methyl sites for hydroxylation is 2. The zero-order valence-electron chi connectivity index (χ0n) is 11.8. The van der Waals surface area contributed by atoms with Crippen molar-refractivity contribution in [3.8, 4) is 0 Å². The van der Waals surface area contributed by atoms with Crippen LogP contribution in [0.2, 0.25) is 0 Å². The van der Waals surface area contributed by atoms with Gasteiger partial charge in [0.2, 0.25) is 0 Å². The Kier molecular flexibility index (Phi) is 5.85. The van der Waals surface area contributed by atoms with Crippen molar-refractivity contribution in [2.75, 3.05) is 13.1 Å². The third-order valence-corrected chi connectivity index (χ3v) is 2.69. The van der Waals surface area contributed by atoms with Crippen LogP contribution in [0.5, 0.6) is 0 Å². The van der Waals surface area contributed by atoms with Crippen LogP contribution in [0.3, 0.4) is 0 Å². The van der Waals surface area contributed by atoms with Gasteiger partial charge in [-0.3, -0.25) is 9.48 Å². The summed E-state index contributed by atoms with van der Waals surface area (Å²) in [7, 11) is 0. The van der Waals surface area contributed by atoms with Crippen LogP contribution < -0.4 is 10.6 Å². The van der Waals surface area contributed by atoms with E-state index in [1.165, 1.54) is 0 Å². The lowest BCUT2D eigenvalue weighted by Gasteiger charge is -2.09. The van der Waals surface area contributed by atoms with Crippen LogP contribution in [0.1, 0.15) is 43.9 Å². The Balaban J connectivity index is 2.52. The average Bonchev–Trinajstić information content (AvgIpc) is 2.77. The van der Waals surface area contributed by atoms with Gasteiger partial charge in [0.25, 0.3) is 5.91 Å². The highest BCUT2D eigenvalue weighted by Gasteiger charge is 2.13. The molecule has 102 valence electrons. The number of hydrogen-bond donors (Lipinski definition) is 2. The normalized spacial score (nSPS) is 10.9. The zero-order valence-corrected chi connectivity index (χ0v) is 11.8. The molecule has 0 aliphatic rings. The molecule has 0 atom stereocenters. The van der Waals surface area contributed by atoms with Gasteiger partial charge in [-0.15, -0.1) is 0 Å². The number of nitrogens with zero attached hydrogens (tertiary/aromatic N) is 2. The Morgan fingerprint density at radius 1 is 1.39 bits per heavy atom. The fourth-order valence-electron chi connectivity index (χ4n) is 1.69. The maximum absolute atomic E-state index is 12.0. The van der Waals surface area contributed by atoms with Gasteiger partial charge in [-0.2, -0.15) is 5.10 Å². The van der Waals surface area contributed by atoms with E-state index < -0.39 is 0 Å². The molecule has 0 aliphatic carbocycles. The third kappa shape index (κ3) is 4.14. The van der Waals surface area contributed by atoms with Gasteiger partial charge in [0, 0.05) is 25.7 Å². The predicted octanol–water partition coefficient (Wildman–Crippen LogP) is 1.19. The Morgan fingerprint density at radius 2 is 2.11 bits per heavy atom. The van der Waals surface area contributed by atoms with E-state index in [-0.39, 0.29) is 5.91 Å². The Morgan fingerprint density at radius 3 is 2.67 bits per heavy atom. The molecule has 0 fully saturated rings. The van der Waals surface area contributed by atoms with Crippen molar-refractivity contribution in [3.05, 3.63) is 17.5 Å². The quantitative estimate of drug-likeness (QED) is 0.717. The summed E-state index contributed by atoms with van der Waals surface area (Å²) in [6.45, 7) is 10.3. The van der Waals surface area contributed by atoms with Crippen LogP contribution in [-0.2, 0) is 13.0 Å². The van der Waals surface area contributed by atoms with E-state index in [4.69, 9.17) is 0 Å². The average molecular weight is 252 g/mol. The summed E-state index contributed by atoms with van der Waals surface area (Å²) in [4.78, 5) is 12.0. The molecule has 1 aromatic rings.